The molecular weight excluding hydrogens is 262 g/mol. The van der Waals surface area contributed by atoms with Crippen LogP contribution >= 0.6 is 15.9 Å². The number of carbonyl (C=O) groups is 1. The third kappa shape index (κ3) is 1.63. The predicted octanol–water partition coefficient (Wildman–Crippen LogP) is 2.02. The molecule has 0 fully saturated rings. The van der Waals surface area contributed by atoms with Crippen LogP contribution in [0.15, 0.2) is 33.5 Å². The lowest BCUT2D eigenvalue weighted by atomic mass is 10.3. The van der Waals surface area contributed by atoms with Gasteiger partial charge in [-0.1, -0.05) is 28.1 Å². The van der Waals surface area contributed by atoms with E-state index >= 15 is 0 Å². The second-order valence-corrected chi connectivity index (χ2v) is 4.50. The van der Waals surface area contributed by atoms with Crippen LogP contribution in [0.5, 0.6) is 0 Å². The summed E-state index contributed by atoms with van der Waals surface area (Å²) in [5.74, 6) is -0.975. The fourth-order valence-electron chi connectivity index (χ4n) is 1.35. The van der Waals surface area contributed by atoms with E-state index in [1.165, 1.54) is 0 Å². The Balaban J connectivity index is 2.75. The molecule has 78 valence electrons. The van der Waals surface area contributed by atoms with Gasteiger partial charge >= 0.3 is 5.76 Å². The Bertz CT molecular complexity index is 567. The molecule has 15 heavy (non-hydrogen) atoms. The van der Waals surface area contributed by atoms with Crippen LogP contribution in [0.2, 0.25) is 0 Å². The zero-order valence-corrected chi connectivity index (χ0v) is 9.52. The number of hydrogen-bond donors (Lipinski definition) is 0. The van der Waals surface area contributed by atoms with E-state index < -0.39 is 10.6 Å². The van der Waals surface area contributed by atoms with Gasteiger partial charge in [-0.15, -0.1) is 0 Å². The number of benzene rings is 1. The first-order chi connectivity index (χ1) is 7.11. The van der Waals surface area contributed by atoms with Crippen LogP contribution in [-0.4, -0.2) is 15.3 Å². The molecule has 0 aliphatic carbocycles. The molecule has 0 saturated carbocycles. The molecule has 2 rings (SSSR count). The topological polar surface area (TPSA) is 52.2 Å². The SMILES string of the molecule is C[C@@H](Br)C(=O)n1c(=O)oc2ccccc21. The van der Waals surface area contributed by atoms with Crippen molar-refractivity contribution in [1.82, 2.24) is 4.57 Å². The second-order valence-electron chi connectivity index (χ2n) is 3.13. The lowest BCUT2D eigenvalue weighted by Gasteiger charge is -2.01. The number of halogens is 1. The maximum absolute atomic E-state index is 11.7. The molecule has 0 spiro atoms. The van der Waals surface area contributed by atoms with E-state index in [4.69, 9.17) is 4.42 Å². The Morgan fingerprint density at radius 3 is 2.80 bits per heavy atom. The molecule has 0 aliphatic heterocycles. The Labute approximate surface area is 93.6 Å². The molecule has 1 aromatic heterocycles. The van der Waals surface area contributed by atoms with Crippen molar-refractivity contribution >= 4 is 32.9 Å². The number of nitrogens with zero attached hydrogens (tertiary/aromatic N) is 1. The minimum Gasteiger partial charge on any atom is -0.407 e. The van der Waals surface area contributed by atoms with Crippen molar-refractivity contribution in [1.29, 1.82) is 0 Å². The van der Waals surface area contributed by atoms with E-state index in [0.717, 1.165) is 4.57 Å². The summed E-state index contributed by atoms with van der Waals surface area (Å²) in [6.45, 7) is 1.66. The molecular formula is C10H8BrNO3. The highest BCUT2D eigenvalue weighted by Crippen LogP contribution is 2.13. The number of oxazole rings is 1. The number of fused-ring (bicyclic) bond motifs is 1. The van der Waals surface area contributed by atoms with Gasteiger partial charge in [0, 0.05) is 0 Å². The molecule has 1 aromatic carbocycles. The lowest BCUT2D eigenvalue weighted by Crippen LogP contribution is -2.27. The average molecular weight is 270 g/mol. The number of aromatic nitrogens is 1. The normalized spacial score (nSPS) is 12.9. The molecule has 0 N–H and O–H groups in total. The van der Waals surface area contributed by atoms with E-state index in [2.05, 4.69) is 15.9 Å². The van der Waals surface area contributed by atoms with Crippen molar-refractivity contribution < 1.29 is 9.21 Å². The number of carbonyl (C=O) groups excluding carboxylic acids is 1. The molecule has 0 unspecified atom stereocenters. The van der Waals surface area contributed by atoms with Crippen molar-refractivity contribution in [3.05, 3.63) is 34.8 Å². The van der Waals surface area contributed by atoms with E-state index in [1.54, 1.807) is 31.2 Å². The van der Waals surface area contributed by atoms with Crippen LogP contribution in [0, 0.1) is 0 Å². The van der Waals surface area contributed by atoms with Gasteiger partial charge < -0.3 is 4.42 Å². The van der Waals surface area contributed by atoms with Crippen molar-refractivity contribution in [3.63, 3.8) is 0 Å². The molecule has 5 heteroatoms. The lowest BCUT2D eigenvalue weighted by molar-refractivity contribution is 0.0914. The number of hydrogen-bond acceptors (Lipinski definition) is 3. The summed E-state index contributed by atoms with van der Waals surface area (Å²) in [6.07, 6.45) is 0. The van der Waals surface area contributed by atoms with Crippen LogP contribution in [0.4, 0.5) is 0 Å². The van der Waals surface area contributed by atoms with E-state index in [9.17, 15) is 9.59 Å². The fourth-order valence-corrected chi connectivity index (χ4v) is 1.56. The van der Waals surface area contributed by atoms with Crippen LogP contribution in [0.3, 0.4) is 0 Å². The van der Waals surface area contributed by atoms with Gasteiger partial charge in [-0.25, -0.2) is 9.36 Å². The van der Waals surface area contributed by atoms with Gasteiger partial charge in [0.1, 0.15) is 0 Å². The Hall–Kier alpha value is -1.36. The van der Waals surface area contributed by atoms with Gasteiger partial charge in [0.25, 0.3) is 0 Å². The number of para-hydroxylation sites is 2. The Morgan fingerprint density at radius 1 is 1.47 bits per heavy atom. The first-order valence-electron chi connectivity index (χ1n) is 4.40. The monoisotopic (exact) mass is 269 g/mol. The molecule has 0 amide bonds. The molecule has 0 saturated heterocycles. The van der Waals surface area contributed by atoms with Crippen molar-refractivity contribution in [3.8, 4) is 0 Å². The maximum Gasteiger partial charge on any atom is 0.426 e. The molecule has 1 atom stereocenters. The number of alkyl halides is 1. The van der Waals surface area contributed by atoms with Gasteiger partial charge in [0.05, 0.1) is 10.3 Å². The van der Waals surface area contributed by atoms with Crippen LogP contribution in [-0.2, 0) is 0 Å². The summed E-state index contributed by atoms with van der Waals surface area (Å²) in [4.78, 5) is 22.7. The average Bonchev–Trinajstić information content (AvgIpc) is 2.52. The summed E-state index contributed by atoms with van der Waals surface area (Å²) in [7, 11) is 0. The maximum atomic E-state index is 11.7. The van der Waals surface area contributed by atoms with Gasteiger partial charge in [-0.3, -0.25) is 4.79 Å². The summed E-state index contributed by atoms with van der Waals surface area (Å²) < 4.78 is 5.97. The standard InChI is InChI=1S/C10H8BrNO3/c1-6(11)9(13)12-7-4-2-3-5-8(7)15-10(12)14/h2-6H,1H3/t6-/m1/s1. The first kappa shape index (κ1) is 10.2. The highest BCUT2D eigenvalue weighted by atomic mass is 79.9. The summed E-state index contributed by atoms with van der Waals surface area (Å²) in [5, 5.41) is 0. The smallest absolute Gasteiger partial charge is 0.407 e. The van der Waals surface area contributed by atoms with Crippen molar-refractivity contribution in [2.75, 3.05) is 0 Å². The molecule has 0 radical (unpaired) electrons. The number of rotatable bonds is 1. The van der Waals surface area contributed by atoms with Gasteiger partial charge in [-0.2, -0.15) is 0 Å². The van der Waals surface area contributed by atoms with Crippen molar-refractivity contribution in [2.24, 2.45) is 0 Å². The molecule has 2 aromatic rings. The van der Waals surface area contributed by atoms with Gasteiger partial charge in [0.15, 0.2) is 5.58 Å². The van der Waals surface area contributed by atoms with Crippen LogP contribution in [0.25, 0.3) is 11.1 Å². The van der Waals surface area contributed by atoms with E-state index in [-0.39, 0.29) is 5.91 Å². The highest BCUT2D eigenvalue weighted by Gasteiger charge is 2.18. The Morgan fingerprint density at radius 2 is 2.13 bits per heavy atom. The zero-order valence-electron chi connectivity index (χ0n) is 7.94. The highest BCUT2D eigenvalue weighted by molar-refractivity contribution is 9.10. The van der Waals surface area contributed by atoms with Crippen LogP contribution in [0.1, 0.15) is 11.7 Å². The van der Waals surface area contributed by atoms with Crippen molar-refractivity contribution in [2.45, 2.75) is 11.8 Å². The summed E-state index contributed by atoms with van der Waals surface area (Å²) >= 11 is 3.13. The van der Waals surface area contributed by atoms with Gasteiger partial charge in [-0.05, 0) is 19.1 Å². The zero-order chi connectivity index (χ0) is 11.0. The minimum absolute atomic E-state index is 0.329. The second kappa shape index (κ2) is 3.66. The minimum atomic E-state index is -0.646. The molecule has 0 bridgehead atoms. The third-order valence-electron chi connectivity index (χ3n) is 2.05. The van der Waals surface area contributed by atoms with E-state index in [1.807, 2.05) is 0 Å². The first-order valence-corrected chi connectivity index (χ1v) is 5.31. The quantitative estimate of drug-likeness (QED) is 0.745. The fraction of sp³-hybridized carbons (Fsp3) is 0.200. The molecule has 0 aliphatic rings. The van der Waals surface area contributed by atoms with E-state index in [0.29, 0.717) is 11.1 Å². The molecule has 1 heterocycles. The third-order valence-corrected chi connectivity index (χ3v) is 2.44. The largest absolute Gasteiger partial charge is 0.426 e. The van der Waals surface area contributed by atoms with Crippen LogP contribution < -0.4 is 5.76 Å². The van der Waals surface area contributed by atoms with Gasteiger partial charge in [0.2, 0.25) is 5.91 Å². The summed E-state index contributed by atoms with van der Waals surface area (Å²) in [5.41, 5.74) is 0.919. The predicted molar refractivity (Wildman–Crippen MR) is 59.5 cm³/mol. The Kier molecular flexibility index (Phi) is 2.48. The molecule has 4 nitrogen and oxygen atoms in total. The summed E-state index contributed by atoms with van der Waals surface area (Å²) in [6, 6.07) is 6.82.